The molecule has 4 rings (SSSR count). The molecule has 2 aliphatic rings. The van der Waals surface area contributed by atoms with Crippen LogP contribution in [0.2, 0.25) is 0 Å². The fourth-order valence-corrected chi connectivity index (χ4v) is 5.65. The van der Waals surface area contributed by atoms with Gasteiger partial charge in [-0.2, -0.15) is 4.31 Å². The van der Waals surface area contributed by atoms with Crippen LogP contribution in [0, 0.1) is 5.92 Å². The van der Waals surface area contributed by atoms with E-state index in [1.165, 1.54) is 16.1 Å². The van der Waals surface area contributed by atoms with E-state index >= 15 is 0 Å². The van der Waals surface area contributed by atoms with Crippen LogP contribution in [0.4, 0.5) is 5.69 Å². The summed E-state index contributed by atoms with van der Waals surface area (Å²) in [7, 11) is -3.52. The molecule has 1 N–H and O–H groups in total. The number of sulfonamides is 1. The average molecular weight is 414 g/mol. The maximum absolute atomic E-state index is 12.7. The molecule has 7 heteroatoms. The van der Waals surface area contributed by atoms with Crippen LogP contribution in [-0.2, 0) is 10.0 Å². The molecule has 0 aliphatic carbocycles. The maximum Gasteiger partial charge on any atom is 0.251 e. The summed E-state index contributed by atoms with van der Waals surface area (Å²) in [5.41, 5.74) is 1.60. The smallest absolute Gasteiger partial charge is 0.251 e. The Morgan fingerprint density at radius 3 is 2.52 bits per heavy atom. The standard InChI is InChI=1S/C22H27N3O3S/c26-22(23-16-18-11-14-24(17-18)20-8-2-1-3-9-20)19-7-6-10-21(15-19)29(27,28)25-12-4-5-13-25/h1-3,6-10,15,18H,4-5,11-14,16-17H2,(H,23,26). The van der Waals surface area contributed by atoms with E-state index in [1.807, 2.05) is 18.2 Å². The molecule has 6 nitrogen and oxygen atoms in total. The van der Waals surface area contributed by atoms with Crippen LogP contribution < -0.4 is 10.2 Å². The van der Waals surface area contributed by atoms with Crippen molar-refractivity contribution in [3.63, 3.8) is 0 Å². The minimum Gasteiger partial charge on any atom is -0.371 e. The molecule has 0 spiro atoms. The molecular weight excluding hydrogens is 386 g/mol. The molecule has 0 aromatic heterocycles. The van der Waals surface area contributed by atoms with E-state index in [4.69, 9.17) is 0 Å². The normalized spacial score (nSPS) is 20.1. The van der Waals surface area contributed by atoms with Gasteiger partial charge in [0.05, 0.1) is 4.90 Å². The topological polar surface area (TPSA) is 69.7 Å². The molecule has 0 saturated carbocycles. The minimum absolute atomic E-state index is 0.197. The largest absolute Gasteiger partial charge is 0.371 e. The Kier molecular flexibility index (Phi) is 5.87. The number of hydrogen-bond acceptors (Lipinski definition) is 4. The molecule has 2 aromatic carbocycles. The summed E-state index contributed by atoms with van der Waals surface area (Å²) in [6.07, 6.45) is 2.81. The van der Waals surface area contributed by atoms with Crippen LogP contribution in [0.1, 0.15) is 29.6 Å². The van der Waals surface area contributed by atoms with Crippen molar-refractivity contribution in [3.05, 3.63) is 60.2 Å². The number of anilines is 1. The summed E-state index contributed by atoms with van der Waals surface area (Å²) in [5.74, 6) is 0.164. The summed E-state index contributed by atoms with van der Waals surface area (Å²) in [4.78, 5) is 15.2. The summed E-state index contributed by atoms with van der Waals surface area (Å²) in [6, 6.07) is 16.7. The van der Waals surface area contributed by atoms with Gasteiger partial charge in [0.15, 0.2) is 0 Å². The molecule has 1 unspecified atom stereocenters. The van der Waals surface area contributed by atoms with Gasteiger partial charge in [0.2, 0.25) is 10.0 Å². The second-order valence-electron chi connectivity index (χ2n) is 7.79. The number of hydrogen-bond donors (Lipinski definition) is 1. The first-order valence-electron chi connectivity index (χ1n) is 10.2. The quantitative estimate of drug-likeness (QED) is 0.791. The van der Waals surface area contributed by atoms with Gasteiger partial charge >= 0.3 is 0 Å². The summed E-state index contributed by atoms with van der Waals surface area (Å²) >= 11 is 0. The third-order valence-electron chi connectivity index (χ3n) is 5.76. The van der Waals surface area contributed by atoms with Crippen LogP contribution in [0.25, 0.3) is 0 Å². The third-order valence-corrected chi connectivity index (χ3v) is 7.65. The SMILES string of the molecule is O=C(NCC1CCN(c2ccccc2)C1)c1cccc(S(=O)(=O)N2CCCC2)c1. The highest BCUT2D eigenvalue weighted by atomic mass is 32.2. The molecular formula is C22H27N3O3S. The lowest BCUT2D eigenvalue weighted by molar-refractivity contribution is 0.0948. The lowest BCUT2D eigenvalue weighted by Gasteiger charge is -2.19. The van der Waals surface area contributed by atoms with Gasteiger partial charge in [0, 0.05) is 44.0 Å². The summed E-state index contributed by atoms with van der Waals surface area (Å²) in [5, 5.41) is 2.99. The predicted molar refractivity (Wildman–Crippen MR) is 114 cm³/mol. The monoisotopic (exact) mass is 413 g/mol. The van der Waals surface area contributed by atoms with E-state index < -0.39 is 10.0 Å². The number of rotatable bonds is 6. The van der Waals surface area contributed by atoms with Crippen molar-refractivity contribution < 1.29 is 13.2 Å². The van der Waals surface area contributed by atoms with Crippen molar-refractivity contribution >= 4 is 21.6 Å². The van der Waals surface area contributed by atoms with E-state index in [2.05, 4.69) is 22.3 Å². The van der Waals surface area contributed by atoms with Crippen LogP contribution in [-0.4, -0.2) is 51.4 Å². The molecule has 2 heterocycles. The van der Waals surface area contributed by atoms with Gasteiger partial charge in [-0.05, 0) is 55.5 Å². The Labute approximate surface area is 172 Å². The summed E-state index contributed by atoms with van der Waals surface area (Å²) < 4.78 is 27.0. The maximum atomic E-state index is 12.7. The molecule has 2 aliphatic heterocycles. The molecule has 2 fully saturated rings. The number of benzene rings is 2. The average Bonchev–Trinajstić information content (AvgIpc) is 3.45. The molecule has 1 atom stereocenters. The second-order valence-corrected chi connectivity index (χ2v) is 9.72. The van der Waals surface area contributed by atoms with E-state index in [1.54, 1.807) is 18.2 Å². The lowest BCUT2D eigenvalue weighted by atomic mass is 10.1. The van der Waals surface area contributed by atoms with Crippen LogP contribution in [0.3, 0.4) is 0 Å². The Morgan fingerprint density at radius 1 is 1.00 bits per heavy atom. The van der Waals surface area contributed by atoms with Crippen LogP contribution in [0.5, 0.6) is 0 Å². The van der Waals surface area contributed by atoms with Crippen molar-refractivity contribution in [3.8, 4) is 0 Å². The highest BCUT2D eigenvalue weighted by molar-refractivity contribution is 7.89. The molecule has 0 radical (unpaired) electrons. The first kappa shape index (κ1) is 19.9. The Balaban J connectivity index is 1.36. The molecule has 1 amide bonds. The van der Waals surface area contributed by atoms with Crippen LogP contribution >= 0.6 is 0 Å². The number of carbonyl (C=O) groups is 1. The van der Waals surface area contributed by atoms with E-state index in [-0.39, 0.29) is 10.8 Å². The Bertz CT molecular complexity index is 956. The second kappa shape index (κ2) is 8.55. The highest BCUT2D eigenvalue weighted by Crippen LogP contribution is 2.24. The van der Waals surface area contributed by atoms with Crippen molar-refractivity contribution in [1.29, 1.82) is 0 Å². The van der Waals surface area contributed by atoms with E-state index in [0.29, 0.717) is 31.1 Å². The van der Waals surface area contributed by atoms with Gasteiger partial charge in [0.25, 0.3) is 5.91 Å². The Hall–Kier alpha value is -2.38. The zero-order valence-corrected chi connectivity index (χ0v) is 17.3. The Morgan fingerprint density at radius 2 is 1.76 bits per heavy atom. The zero-order valence-electron chi connectivity index (χ0n) is 16.5. The van der Waals surface area contributed by atoms with Gasteiger partial charge in [-0.25, -0.2) is 8.42 Å². The van der Waals surface area contributed by atoms with Gasteiger partial charge in [-0.1, -0.05) is 24.3 Å². The highest BCUT2D eigenvalue weighted by Gasteiger charge is 2.28. The zero-order chi connectivity index (χ0) is 20.3. The van der Waals surface area contributed by atoms with Crippen LogP contribution in [0.15, 0.2) is 59.5 Å². The van der Waals surface area contributed by atoms with Gasteiger partial charge < -0.3 is 10.2 Å². The number of carbonyl (C=O) groups excluding carboxylic acids is 1. The first-order chi connectivity index (χ1) is 14.0. The summed E-state index contributed by atoms with van der Waals surface area (Å²) in [6.45, 7) is 3.59. The third kappa shape index (κ3) is 4.46. The van der Waals surface area contributed by atoms with E-state index in [9.17, 15) is 13.2 Å². The molecule has 29 heavy (non-hydrogen) atoms. The molecule has 154 valence electrons. The van der Waals surface area contributed by atoms with Gasteiger partial charge in [-0.15, -0.1) is 0 Å². The lowest BCUT2D eigenvalue weighted by Crippen LogP contribution is -2.31. The number of nitrogens with one attached hydrogen (secondary N) is 1. The van der Waals surface area contributed by atoms with E-state index in [0.717, 1.165) is 32.4 Å². The molecule has 2 saturated heterocycles. The van der Waals surface area contributed by atoms with Crippen molar-refractivity contribution in [2.45, 2.75) is 24.2 Å². The number of amides is 1. The number of nitrogens with zero attached hydrogens (tertiary/aromatic N) is 2. The van der Waals surface area contributed by atoms with Gasteiger partial charge in [0.1, 0.15) is 0 Å². The fourth-order valence-electron chi connectivity index (χ4n) is 4.09. The predicted octanol–water partition coefficient (Wildman–Crippen LogP) is 2.73. The molecule has 2 aromatic rings. The van der Waals surface area contributed by atoms with Crippen molar-refractivity contribution in [1.82, 2.24) is 9.62 Å². The van der Waals surface area contributed by atoms with Gasteiger partial charge in [-0.3, -0.25) is 4.79 Å². The molecule has 0 bridgehead atoms. The number of para-hydroxylation sites is 1. The van der Waals surface area contributed by atoms with Crippen molar-refractivity contribution in [2.75, 3.05) is 37.6 Å². The van der Waals surface area contributed by atoms with Crippen molar-refractivity contribution in [2.24, 2.45) is 5.92 Å². The fraction of sp³-hybridized carbons (Fsp3) is 0.409. The minimum atomic E-state index is -3.52. The first-order valence-corrected chi connectivity index (χ1v) is 11.7.